The summed E-state index contributed by atoms with van der Waals surface area (Å²) in [5.74, 6) is 1.88. The van der Waals surface area contributed by atoms with Crippen LogP contribution in [0, 0.1) is 0 Å². The summed E-state index contributed by atoms with van der Waals surface area (Å²) in [5.41, 5.74) is 1.31. The van der Waals surface area contributed by atoms with E-state index in [9.17, 15) is 4.79 Å². The van der Waals surface area contributed by atoms with Crippen LogP contribution in [0.15, 0.2) is 42.7 Å². The Hall–Kier alpha value is -2.67. The first-order valence-corrected chi connectivity index (χ1v) is 10.4. The summed E-state index contributed by atoms with van der Waals surface area (Å²) in [6.45, 7) is 4.92. The second-order valence-electron chi connectivity index (χ2n) is 7.63. The molecule has 1 atom stereocenters. The third kappa shape index (κ3) is 4.67. The molecule has 1 aromatic carbocycles. The SMILES string of the molecule is COc1ccc(C2CCCN2CCC(=O)N2CCN(c3ncccn3)CC2)cc1. The van der Waals surface area contributed by atoms with Crippen molar-refractivity contribution in [3.63, 3.8) is 0 Å². The molecular weight excluding hydrogens is 366 g/mol. The largest absolute Gasteiger partial charge is 0.497 e. The molecule has 2 fully saturated rings. The Bertz CT molecular complexity index is 791. The van der Waals surface area contributed by atoms with Crippen molar-refractivity contribution in [2.24, 2.45) is 0 Å². The zero-order valence-electron chi connectivity index (χ0n) is 17.0. The van der Waals surface area contributed by atoms with Crippen LogP contribution < -0.4 is 9.64 Å². The first-order chi connectivity index (χ1) is 14.2. The molecule has 0 aliphatic carbocycles. The summed E-state index contributed by atoms with van der Waals surface area (Å²) in [5, 5.41) is 0. The van der Waals surface area contributed by atoms with Gasteiger partial charge in [-0.2, -0.15) is 0 Å². The monoisotopic (exact) mass is 395 g/mol. The second-order valence-corrected chi connectivity index (χ2v) is 7.63. The van der Waals surface area contributed by atoms with E-state index < -0.39 is 0 Å². The molecule has 7 nitrogen and oxygen atoms in total. The fourth-order valence-corrected chi connectivity index (χ4v) is 4.31. The number of anilines is 1. The maximum absolute atomic E-state index is 12.8. The van der Waals surface area contributed by atoms with Gasteiger partial charge < -0.3 is 14.5 Å². The highest BCUT2D eigenvalue weighted by molar-refractivity contribution is 5.76. The van der Waals surface area contributed by atoms with Gasteiger partial charge in [0.15, 0.2) is 0 Å². The number of methoxy groups -OCH3 is 1. The molecule has 0 N–H and O–H groups in total. The first kappa shape index (κ1) is 19.6. The van der Waals surface area contributed by atoms with E-state index in [1.54, 1.807) is 19.5 Å². The standard InChI is InChI=1S/C22H29N5O2/c1-29-19-7-5-18(6-8-19)20-4-2-12-25(20)13-9-21(28)26-14-16-27(17-15-26)22-23-10-3-11-24-22/h3,5-8,10-11,20H,2,4,9,12-17H2,1H3. The van der Waals surface area contributed by atoms with E-state index in [2.05, 4.69) is 31.9 Å². The minimum absolute atomic E-state index is 0.249. The van der Waals surface area contributed by atoms with Crippen molar-refractivity contribution in [3.05, 3.63) is 48.3 Å². The highest BCUT2D eigenvalue weighted by atomic mass is 16.5. The van der Waals surface area contributed by atoms with Crippen molar-refractivity contribution in [1.82, 2.24) is 19.8 Å². The van der Waals surface area contributed by atoms with Crippen LogP contribution in [0.25, 0.3) is 0 Å². The normalized spacial score (nSPS) is 20.1. The number of hydrogen-bond acceptors (Lipinski definition) is 6. The number of hydrogen-bond donors (Lipinski definition) is 0. The molecule has 2 aliphatic rings. The van der Waals surface area contributed by atoms with Crippen molar-refractivity contribution in [1.29, 1.82) is 0 Å². The third-order valence-electron chi connectivity index (χ3n) is 5.94. The van der Waals surface area contributed by atoms with Crippen LogP contribution in [-0.2, 0) is 4.79 Å². The van der Waals surface area contributed by atoms with Gasteiger partial charge in [0.05, 0.1) is 7.11 Å². The van der Waals surface area contributed by atoms with Gasteiger partial charge in [-0.1, -0.05) is 12.1 Å². The zero-order valence-corrected chi connectivity index (χ0v) is 17.0. The number of amides is 1. The van der Waals surface area contributed by atoms with Gasteiger partial charge in [-0.05, 0) is 43.1 Å². The molecule has 29 heavy (non-hydrogen) atoms. The van der Waals surface area contributed by atoms with Crippen LogP contribution in [0.4, 0.5) is 5.95 Å². The Labute approximate surface area is 172 Å². The van der Waals surface area contributed by atoms with E-state index in [4.69, 9.17) is 4.74 Å². The lowest BCUT2D eigenvalue weighted by Crippen LogP contribution is -2.49. The summed E-state index contributed by atoms with van der Waals surface area (Å²) < 4.78 is 5.27. The highest BCUT2D eigenvalue weighted by Crippen LogP contribution is 2.32. The Morgan fingerprint density at radius 2 is 1.79 bits per heavy atom. The fraction of sp³-hybridized carbons (Fsp3) is 0.500. The Morgan fingerprint density at radius 1 is 1.07 bits per heavy atom. The van der Waals surface area contributed by atoms with E-state index >= 15 is 0 Å². The molecule has 0 saturated carbocycles. The molecule has 1 amide bonds. The summed E-state index contributed by atoms with van der Waals surface area (Å²) in [6, 6.07) is 10.6. The molecule has 154 valence electrons. The highest BCUT2D eigenvalue weighted by Gasteiger charge is 2.28. The molecule has 0 radical (unpaired) electrons. The van der Waals surface area contributed by atoms with Crippen LogP contribution in [0.3, 0.4) is 0 Å². The molecule has 0 bridgehead atoms. The molecule has 1 unspecified atom stereocenters. The predicted octanol–water partition coefficient (Wildman–Crippen LogP) is 2.36. The van der Waals surface area contributed by atoms with Gasteiger partial charge in [-0.15, -0.1) is 0 Å². The van der Waals surface area contributed by atoms with Crippen molar-refractivity contribution >= 4 is 11.9 Å². The average Bonchev–Trinajstić information content (AvgIpc) is 3.27. The van der Waals surface area contributed by atoms with E-state index in [1.807, 2.05) is 23.1 Å². The second kappa shape index (κ2) is 9.22. The Balaban J connectivity index is 1.27. The smallest absolute Gasteiger partial charge is 0.225 e. The quantitative estimate of drug-likeness (QED) is 0.748. The average molecular weight is 396 g/mol. The lowest BCUT2D eigenvalue weighted by atomic mass is 10.0. The molecule has 0 spiro atoms. The number of carbonyl (C=O) groups excluding carboxylic acids is 1. The van der Waals surface area contributed by atoms with E-state index in [1.165, 1.54) is 12.0 Å². The van der Waals surface area contributed by atoms with Crippen LogP contribution >= 0.6 is 0 Å². The predicted molar refractivity (Wildman–Crippen MR) is 112 cm³/mol. The van der Waals surface area contributed by atoms with Gasteiger partial charge in [0.1, 0.15) is 5.75 Å². The van der Waals surface area contributed by atoms with Gasteiger partial charge in [0.2, 0.25) is 11.9 Å². The molecule has 2 aromatic rings. The van der Waals surface area contributed by atoms with Crippen LogP contribution in [0.1, 0.15) is 30.9 Å². The summed E-state index contributed by atoms with van der Waals surface area (Å²) in [6.07, 6.45) is 6.43. The van der Waals surface area contributed by atoms with Gasteiger partial charge in [-0.25, -0.2) is 9.97 Å². The Kier molecular flexibility index (Phi) is 6.24. The molecular formula is C22H29N5O2. The van der Waals surface area contributed by atoms with Crippen LogP contribution in [-0.4, -0.2) is 72.1 Å². The zero-order chi connectivity index (χ0) is 20.1. The molecule has 7 heteroatoms. The van der Waals surface area contributed by atoms with Gasteiger partial charge >= 0.3 is 0 Å². The lowest BCUT2D eigenvalue weighted by Gasteiger charge is -2.35. The number of nitrogens with zero attached hydrogens (tertiary/aromatic N) is 5. The van der Waals surface area contributed by atoms with Gasteiger partial charge in [-0.3, -0.25) is 9.69 Å². The number of likely N-dealkylation sites (tertiary alicyclic amines) is 1. The minimum Gasteiger partial charge on any atom is -0.497 e. The summed E-state index contributed by atoms with van der Waals surface area (Å²) in [4.78, 5) is 27.9. The lowest BCUT2D eigenvalue weighted by molar-refractivity contribution is -0.131. The number of benzene rings is 1. The molecule has 2 aliphatic heterocycles. The molecule has 1 aromatic heterocycles. The van der Waals surface area contributed by atoms with E-state index in [0.29, 0.717) is 12.5 Å². The number of rotatable bonds is 6. The number of aromatic nitrogens is 2. The Morgan fingerprint density at radius 3 is 2.48 bits per heavy atom. The summed E-state index contributed by atoms with van der Waals surface area (Å²) >= 11 is 0. The minimum atomic E-state index is 0.249. The molecule has 3 heterocycles. The van der Waals surface area contributed by atoms with Crippen molar-refractivity contribution in [3.8, 4) is 5.75 Å². The maximum Gasteiger partial charge on any atom is 0.225 e. The fourth-order valence-electron chi connectivity index (χ4n) is 4.31. The van der Waals surface area contributed by atoms with Crippen LogP contribution in [0.5, 0.6) is 5.75 Å². The van der Waals surface area contributed by atoms with Crippen molar-refractivity contribution in [2.75, 3.05) is 51.3 Å². The van der Waals surface area contributed by atoms with E-state index in [0.717, 1.165) is 57.4 Å². The molecule has 2 saturated heterocycles. The third-order valence-corrected chi connectivity index (χ3v) is 5.94. The van der Waals surface area contributed by atoms with Crippen molar-refractivity contribution < 1.29 is 9.53 Å². The number of ether oxygens (including phenoxy) is 1. The summed E-state index contributed by atoms with van der Waals surface area (Å²) in [7, 11) is 1.69. The van der Waals surface area contributed by atoms with Crippen LogP contribution in [0.2, 0.25) is 0 Å². The van der Waals surface area contributed by atoms with E-state index in [-0.39, 0.29) is 5.91 Å². The van der Waals surface area contributed by atoms with Crippen molar-refractivity contribution in [2.45, 2.75) is 25.3 Å². The number of carbonyl (C=O) groups is 1. The molecule has 4 rings (SSSR count). The first-order valence-electron chi connectivity index (χ1n) is 10.4. The van der Waals surface area contributed by atoms with Gasteiger partial charge in [0.25, 0.3) is 0 Å². The topological polar surface area (TPSA) is 61.8 Å². The maximum atomic E-state index is 12.8. The number of piperazine rings is 1. The van der Waals surface area contributed by atoms with Gasteiger partial charge in [0, 0.05) is 57.6 Å².